The van der Waals surface area contributed by atoms with Gasteiger partial charge in [-0.15, -0.1) is 0 Å². The van der Waals surface area contributed by atoms with E-state index in [-0.39, 0.29) is 12.5 Å². The van der Waals surface area contributed by atoms with E-state index in [9.17, 15) is 10.1 Å². The number of ether oxygens (including phenoxy) is 1. The largest absolute Gasteiger partial charge is 0.497 e. The lowest BCUT2D eigenvalue weighted by atomic mass is 10.0. The number of aromatic nitrogens is 1. The zero-order chi connectivity index (χ0) is 19.7. The fourth-order valence-electron chi connectivity index (χ4n) is 3.63. The van der Waals surface area contributed by atoms with Crippen LogP contribution in [0.1, 0.15) is 11.1 Å². The fraction of sp³-hybridized carbons (Fsp3) is 0.227. The number of methoxy groups -OCH3 is 1. The molecular weight excluding hydrogens is 352 g/mol. The van der Waals surface area contributed by atoms with Gasteiger partial charge >= 0.3 is 0 Å². The molecule has 0 spiro atoms. The number of rotatable bonds is 3. The van der Waals surface area contributed by atoms with Crippen molar-refractivity contribution in [2.24, 2.45) is 0 Å². The summed E-state index contributed by atoms with van der Waals surface area (Å²) in [7, 11) is 1.61. The van der Waals surface area contributed by atoms with Gasteiger partial charge in [-0.25, -0.2) is 4.98 Å². The van der Waals surface area contributed by atoms with Gasteiger partial charge in [0.05, 0.1) is 24.7 Å². The number of anilines is 2. The van der Waals surface area contributed by atoms with Crippen LogP contribution in [-0.2, 0) is 4.79 Å². The van der Waals surface area contributed by atoms with E-state index in [1.165, 1.54) is 0 Å². The number of nitriles is 1. The van der Waals surface area contributed by atoms with Crippen LogP contribution in [0.5, 0.6) is 5.75 Å². The maximum atomic E-state index is 12.9. The Bertz CT molecular complexity index is 1100. The number of pyridine rings is 1. The Balaban J connectivity index is 1.66. The van der Waals surface area contributed by atoms with Gasteiger partial charge in [0.1, 0.15) is 17.6 Å². The van der Waals surface area contributed by atoms with E-state index in [4.69, 9.17) is 9.72 Å². The van der Waals surface area contributed by atoms with Gasteiger partial charge in [-0.05, 0) is 30.7 Å². The molecule has 0 N–H and O–H groups in total. The Labute approximate surface area is 163 Å². The van der Waals surface area contributed by atoms with Crippen LogP contribution < -0.4 is 14.5 Å². The Morgan fingerprint density at radius 1 is 1.14 bits per heavy atom. The second-order valence-electron chi connectivity index (χ2n) is 6.73. The zero-order valence-electron chi connectivity index (χ0n) is 15.8. The first kappa shape index (κ1) is 17.8. The monoisotopic (exact) mass is 372 g/mol. The standard InChI is InChI=1S/C22H20N4O2/c1-15-18-8-3-4-9-20(18)24-22(19(15)13-23)25-10-11-26(21(27)14-25)16-6-5-7-17(12-16)28-2/h3-9,12H,10-11,14H2,1-2H3. The average molecular weight is 372 g/mol. The third kappa shape index (κ3) is 3.01. The van der Waals surface area contributed by atoms with Crippen LogP contribution in [-0.4, -0.2) is 37.6 Å². The molecule has 2 heterocycles. The molecule has 1 aromatic heterocycles. The number of fused-ring (bicyclic) bond motifs is 1. The van der Waals surface area contributed by atoms with E-state index in [1.807, 2.05) is 60.4 Å². The topological polar surface area (TPSA) is 69.5 Å². The van der Waals surface area contributed by atoms with Crippen molar-refractivity contribution in [2.45, 2.75) is 6.92 Å². The van der Waals surface area contributed by atoms with Crippen LogP contribution in [0.25, 0.3) is 10.9 Å². The number of nitrogens with zero attached hydrogens (tertiary/aromatic N) is 4. The molecule has 0 saturated carbocycles. The Hall–Kier alpha value is -3.59. The van der Waals surface area contributed by atoms with E-state index < -0.39 is 0 Å². The van der Waals surface area contributed by atoms with Crippen LogP contribution in [0.4, 0.5) is 11.5 Å². The van der Waals surface area contributed by atoms with Crippen molar-refractivity contribution in [3.63, 3.8) is 0 Å². The second kappa shape index (κ2) is 7.20. The van der Waals surface area contributed by atoms with Crippen LogP contribution in [0.15, 0.2) is 48.5 Å². The molecule has 140 valence electrons. The number of carbonyl (C=O) groups is 1. The summed E-state index contributed by atoms with van der Waals surface area (Å²) in [6.07, 6.45) is 0. The summed E-state index contributed by atoms with van der Waals surface area (Å²) in [5, 5.41) is 10.7. The third-order valence-electron chi connectivity index (χ3n) is 5.13. The molecule has 2 aromatic carbocycles. The van der Waals surface area contributed by atoms with Crippen molar-refractivity contribution in [1.82, 2.24) is 4.98 Å². The SMILES string of the molecule is COc1cccc(N2CCN(c3nc4ccccc4c(C)c3C#N)CC2=O)c1. The Kier molecular flexibility index (Phi) is 4.58. The number of piperazine rings is 1. The Morgan fingerprint density at radius 2 is 1.96 bits per heavy atom. The number of hydrogen-bond donors (Lipinski definition) is 0. The third-order valence-corrected chi connectivity index (χ3v) is 5.13. The highest BCUT2D eigenvalue weighted by Crippen LogP contribution is 2.30. The highest BCUT2D eigenvalue weighted by molar-refractivity contribution is 5.98. The molecule has 0 atom stereocenters. The number of para-hydroxylation sites is 1. The summed E-state index contributed by atoms with van der Waals surface area (Å²) in [6.45, 7) is 3.23. The maximum Gasteiger partial charge on any atom is 0.246 e. The quantitative estimate of drug-likeness (QED) is 0.706. The normalized spacial score (nSPS) is 14.2. The molecule has 0 aliphatic carbocycles. The van der Waals surface area contributed by atoms with Crippen molar-refractivity contribution >= 4 is 28.3 Å². The molecule has 1 aliphatic rings. The van der Waals surface area contributed by atoms with Gasteiger partial charge in [0.25, 0.3) is 0 Å². The number of carbonyl (C=O) groups excluding carboxylic acids is 1. The van der Waals surface area contributed by atoms with Gasteiger partial charge in [0, 0.05) is 30.2 Å². The first-order valence-electron chi connectivity index (χ1n) is 9.11. The first-order chi connectivity index (χ1) is 13.6. The maximum absolute atomic E-state index is 12.9. The van der Waals surface area contributed by atoms with Gasteiger partial charge in [-0.1, -0.05) is 24.3 Å². The van der Waals surface area contributed by atoms with E-state index in [0.717, 1.165) is 22.2 Å². The summed E-state index contributed by atoms with van der Waals surface area (Å²) in [5.74, 6) is 1.26. The van der Waals surface area contributed by atoms with Crippen LogP contribution in [0.2, 0.25) is 0 Å². The van der Waals surface area contributed by atoms with Gasteiger partial charge in [0.15, 0.2) is 0 Å². The minimum absolute atomic E-state index is 0.0315. The lowest BCUT2D eigenvalue weighted by molar-refractivity contribution is -0.117. The molecule has 1 fully saturated rings. The molecule has 4 rings (SSSR count). The highest BCUT2D eigenvalue weighted by atomic mass is 16.5. The van der Waals surface area contributed by atoms with Crippen LogP contribution in [0, 0.1) is 18.3 Å². The molecular formula is C22H20N4O2. The number of amides is 1. The molecule has 0 radical (unpaired) electrons. The molecule has 1 amide bonds. The molecule has 0 unspecified atom stereocenters. The minimum atomic E-state index is -0.0315. The summed E-state index contributed by atoms with van der Waals surface area (Å²) < 4.78 is 5.26. The van der Waals surface area contributed by atoms with E-state index >= 15 is 0 Å². The molecule has 6 heteroatoms. The van der Waals surface area contributed by atoms with Gasteiger partial charge in [0.2, 0.25) is 5.91 Å². The summed E-state index contributed by atoms with van der Waals surface area (Å²) in [4.78, 5) is 21.2. The summed E-state index contributed by atoms with van der Waals surface area (Å²) in [6, 6.07) is 17.5. The predicted molar refractivity (Wildman–Crippen MR) is 109 cm³/mol. The summed E-state index contributed by atoms with van der Waals surface area (Å²) >= 11 is 0. The van der Waals surface area contributed by atoms with Crippen LogP contribution >= 0.6 is 0 Å². The summed E-state index contributed by atoms with van der Waals surface area (Å²) in [5.41, 5.74) is 3.07. The molecule has 1 saturated heterocycles. The van der Waals surface area contributed by atoms with E-state index in [1.54, 1.807) is 12.0 Å². The molecule has 3 aromatic rings. The lowest BCUT2D eigenvalue weighted by Crippen LogP contribution is -2.51. The Morgan fingerprint density at radius 3 is 2.71 bits per heavy atom. The number of aryl methyl sites for hydroxylation is 1. The van der Waals surface area contributed by atoms with Crippen molar-refractivity contribution < 1.29 is 9.53 Å². The van der Waals surface area contributed by atoms with Crippen LogP contribution in [0.3, 0.4) is 0 Å². The van der Waals surface area contributed by atoms with Gasteiger partial charge < -0.3 is 14.5 Å². The van der Waals surface area contributed by atoms with Crippen molar-refractivity contribution in [3.05, 3.63) is 59.7 Å². The van der Waals surface area contributed by atoms with E-state index in [0.29, 0.717) is 30.2 Å². The average Bonchev–Trinajstić information content (AvgIpc) is 2.73. The van der Waals surface area contributed by atoms with Gasteiger partial charge in [-0.3, -0.25) is 4.79 Å². The van der Waals surface area contributed by atoms with Gasteiger partial charge in [-0.2, -0.15) is 5.26 Å². The molecule has 0 bridgehead atoms. The minimum Gasteiger partial charge on any atom is -0.497 e. The first-order valence-corrected chi connectivity index (χ1v) is 9.11. The smallest absolute Gasteiger partial charge is 0.246 e. The second-order valence-corrected chi connectivity index (χ2v) is 6.73. The van der Waals surface area contributed by atoms with E-state index in [2.05, 4.69) is 6.07 Å². The fourth-order valence-corrected chi connectivity index (χ4v) is 3.63. The number of hydrogen-bond acceptors (Lipinski definition) is 5. The predicted octanol–water partition coefficient (Wildman–Crippen LogP) is 3.28. The molecule has 6 nitrogen and oxygen atoms in total. The highest BCUT2D eigenvalue weighted by Gasteiger charge is 2.28. The van der Waals surface area contributed by atoms with Crippen molar-refractivity contribution in [2.75, 3.05) is 36.5 Å². The van der Waals surface area contributed by atoms with Crippen molar-refractivity contribution in [3.8, 4) is 11.8 Å². The lowest BCUT2D eigenvalue weighted by Gasteiger charge is -2.35. The van der Waals surface area contributed by atoms with Crippen molar-refractivity contribution in [1.29, 1.82) is 5.26 Å². The molecule has 28 heavy (non-hydrogen) atoms. The number of benzene rings is 2. The molecule has 1 aliphatic heterocycles. The zero-order valence-corrected chi connectivity index (χ0v) is 15.8.